The van der Waals surface area contributed by atoms with Crippen molar-refractivity contribution in [2.24, 2.45) is 22.8 Å². The molecule has 1 aliphatic heterocycles. The van der Waals surface area contributed by atoms with Gasteiger partial charge in [-0.15, -0.1) is 0 Å². The Balaban J connectivity index is 2.21. The average Bonchev–Trinajstić information content (AvgIpc) is 2.33. The predicted octanol–water partition coefficient (Wildman–Crippen LogP) is -0.598. The highest BCUT2D eigenvalue weighted by Crippen LogP contribution is 2.47. The zero-order chi connectivity index (χ0) is 14.2. The van der Waals surface area contributed by atoms with Gasteiger partial charge < -0.3 is 21.1 Å². The summed E-state index contributed by atoms with van der Waals surface area (Å²) in [4.78, 5) is 25.8. The van der Waals surface area contributed by atoms with E-state index in [4.69, 9.17) is 28.4 Å². The van der Waals surface area contributed by atoms with E-state index in [0.717, 1.165) is 0 Å². The van der Waals surface area contributed by atoms with Crippen molar-refractivity contribution in [1.82, 2.24) is 4.90 Å². The molecule has 106 valence electrons. The van der Waals surface area contributed by atoms with E-state index in [-0.39, 0.29) is 17.5 Å². The van der Waals surface area contributed by atoms with Gasteiger partial charge in [0.1, 0.15) is 6.04 Å². The highest BCUT2D eigenvalue weighted by Gasteiger charge is 2.54. The molecule has 19 heavy (non-hydrogen) atoms. The SMILES string of the molecule is CC1CC(C(=O)N2CCOCC2C(N)=O)(C(N)=S)C1. The second-order valence-corrected chi connectivity index (χ2v) is 5.89. The summed E-state index contributed by atoms with van der Waals surface area (Å²) in [7, 11) is 0. The number of morpholine rings is 1. The average molecular weight is 285 g/mol. The van der Waals surface area contributed by atoms with Gasteiger partial charge >= 0.3 is 0 Å². The van der Waals surface area contributed by atoms with Crippen LogP contribution in [0.15, 0.2) is 0 Å². The maximum Gasteiger partial charge on any atom is 0.242 e. The minimum absolute atomic E-state index is 0.143. The maximum atomic E-state index is 12.7. The minimum atomic E-state index is -0.792. The van der Waals surface area contributed by atoms with Crippen molar-refractivity contribution >= 4 is 29.0 Å². The second-order valence-electron chi connectivity index (χ2n) is 5.45. The molecule has 1 saturated heterocycles. The quantitative estimate of drug-likeness (QED) is 0.675. The van der Waals surface area contributed by atoms with Crippen LogP contribution < -0.4 is 11.5 Å². The number of nitrogens with zero attached hydrogens (tertiary/aromatic N) is 1. The van der Waals surface area contributed by atoms with Gasteiger partial charge in [0.25, 0.3) is 0 Å². The van der Waals surface area contributed by atoms with Crippen LogP contribution in [0, 0.1) is 11.3 Å². The van der Waals surface area contributed by atoms with E-state index in [1.165, 1.54) is 4.90 Å². The molecule has 1 heterocycles. The van der Waals surface area contributed by atoms with Crippen molar-refractivity contribution in [2.45, 2.75) is 25.8 Å². The Bertz CT molecular complexity index is 420. The van der Waals surface area contributed by atoms with E-state index in [9.17, 15) is 9.59 Å². The van der Waals surface area contributed by atoms with E-state index < -0.39 is 17.4 Å². The Morgan fingerprint density at radius 1 is 1.37 bits per heavy atom. The number of primary amides is 1. The van der Waals surface area contributed by atoms with Crippen molar-refractivity contribution < 1.29 is 14.3 Å². The van der Waals surface area contributed by atoms with Crippen LogP contribution in [0.4, 0.5) is 0 Å². The third-order valence-electron chi connectivity index (χ3n) is 3.99. The van der Waals surface area contributed by atoms with E-state index in [1.54, 1.807) is 0 Å². The van der Waals surface area contributed by atoms with Gasteiger partial charge in [0, 0.05) is 6.54 Å². The van der Waals surface area contributed by atoms with E-state index in [2.05, 4.69) is 6.92 Å². The normalized spacial score (nSPS) is 34.5. The molecule has 2 rings (SSSR count). The summed E-state index contributed by atoms with van der Waals surface area (Å²) < 4.78 is 5.21. The fourth-order valence-electron chi connectivity index (χ4n) is 2.97. The topological polar surface area (TPSA) is 98.6 Å². The summed E-state index contributed by atoms with van der Waals surface area (Å²) in [5.41, 5.74) is 10.3. The second kappa shape index (κ2) is 5.05. The van der Waals surface area contributed by atoms with Crippen molar-refractivity contribution in [3.05, 3.63) is 0 Å². The number of carbonyl (C=O) groups is 2. The Hall–Kier alpha value is -1.21. The number of thiocarbonyl (C=S) groups is 1. The molecule has 0 aromatic carbocycles. The largest absolute Gasteiger partial charge is 0.392 e. The zero-order valence-corrected chi connectivity index (χ0v) is 11.7. The van der Waals surface area contributed by atoms with Crippen molar-refractivity contribution in [3.63, 3.8) is 0 Å². The van der Waals surface area contributed by atoms with Crippen LogP contribution in [0.2, 0.25) is 0 Å². The molecule has 0 spiro atoms. The van der Waals surface area contributed by atoms with Crippen LogP contribution >= 0.6 is 12.2 Å². The fourth-order valence-corrected chi connectivity index (χ4v) is 3.22. The Kier molecular flexibility index (Phi) is 3.78. The first-order chi connectivity index (χ1) is 8.88. The zero-order valence-electron chi connectivity index (χ0n) is 10.9. The first-order valence-corrected chi connectivity index (χ1v) is 6.77. The van der Waals surface area contributed by atoms with Gasteiger partial charge in [0.05, 0.1) is 23.6 Å². The molecule has 7 heteroatoms. The van der Waals surface area contributed by atoms with E-state index in [0.29, 0.717) is 31.9 Å². The van der Waals surface area contributed by atoms with Crippen molar-refractivity contribution in [2.75, 3.05) is 19.8 Å². The fraction of sp³-hybridized carbons (Fsp3) is 0.750. The summed E-state index contributed by atoms with van der Waals surface area (Å²) in [6, 6.07) is -0.719. The molecular formula is C12H19N3O3S. The summed E-state index contributed by atoms with van der Waals surface area (Å²) in [5, 5.41) is 0. The number of rotatable bonds is 3. The molecular weight excluding hydrogens is 266 g/mol. The first-order valence-electron chi connectivity index (χ1n) is 6.36. The van der Waals surface area contributed by atoms with Gasteiger partial charge in [-0.2, -0.15) is 0 Å². The summed E-state index contributed by atoms with van der Waals surface area (Å²) >= 11 is 5.07. The maximum absolute atomic E-state index is 12.7. The summed E-state index contributed by atoms with van der Waals surface area (Å²) in [6.07, 6.45) is 1.29. The lowest BCUT2D eigenvalue weighted by atomic mass is 9.61. The Morgan fingerprint density at radius 2 is 2.00 bits per heavy atom. The summed E-state index contributed by atoms with van der Waals surface area (Å²) in [6.45, 7) is 2.95. The van der Waals surface area contributed by atoms with Crippen LogP contribution in [0.5, 0.6) is 0 Å². The van der Waals surface area contributed by atoms with Gasteiger partial charge in [0.2, 0.25) is 11.8 Å². The predicted molar refractivity (Wildman–Crippen MR) is 73.1 cm³/mol. The third-order valence-corrected chi connectivity index (χ3v) is 4.38. The van der Waals surface area contributed by atoms with Crippen LogP contribution in [0.25, 0.3) is 0 Å². The lowest BCUT2D eigenvalue weighted by molar-refractivity contribution is -0.157. The molecule has 2 aliphatic rings. The molecule has 2 fully saturated rings. The number of hydrogen-bond acceptors (Lipinski definition) is 4. The van der Waals surface area contributed by atoms with Crippen LogP contribution in [-0.4, -0.2) is 47.5 Å². The molecule has 6 nitrogen and oxygen atoms in total. The molecule has 1 aliphatic carbocycles. The van der Waals surface area contributed by atoms with Gasteiger partial charge in [0.15, 0.2) is 0 Å². The number of hydrogen-bond donors (Lipinski definition) is 2. The first kappa shape index (κ1) is 14.2. The standard InChI is InChI=1S/C12H19N3O3S/c1-7-4-12(5-7,10(14)19)11(17)15-2-3-18-6-8(15)9(13)16/h7-8H,2-6H2,1H3,(H2,13,16)(H2,14,19). The number of ether oxygens (including phenoxy) is 1. The number of nitrogens with two attached hydrogens (primary N) is 2. The minimum Gasteiger partial charge on any atom is -0.392 e. The third kappa shape index (κ3) is 2.32. The highest BCUT2D eigenvalue weighted by atomic mass is 32.1. The monoisotopic (exact) mass is 285 g/mol. The van der Waals surface area contributed by atoms with Crippen LogP contribution in [0.3, 0.4) is 0 Å². The Morgan fingerprint density at radius 3 is 2.47 bits per heavy atom. The molecule has 1 saturated carbocycles. The highest BCUT2D eigenvalue weighted by molar-refractivity contribution is 7.80. The van der Waals surface area contributed by atoms with Gasteiger partial charge in [-0.05, 0) is 18.8 Å². The molecule has 1 atom stereocenters. The van der Waals surface area contributed by atoms with E-state index in [1.807, 2.05) is 0 Å². The molecule has 2 amide bonds. The lowest BCUT2D eigenvalue weighted by Gasteiger charge is -2.48. The molecule has 0 aromatic rings. The molecule has 4 N–H and O–H groups in total. The molecule has 0 bridgehead atoms. The lowest BCUT2D eigenvalue weighted by Crippen LogP contribution is -2.63. The van der Waals surface area contributed by atoms with Crippen LogP contribution in [-0.2, 0) is 14.3 Å². The molecule has 1 unspecified atom stereocenters. The molecule has 0 aromatic heterocycles. The summed E-state index contributed by atoms with van der Waals surface area (Å²) in [5.74, 6) is -0.317. The smallest absolute Gasteiger partial charge is 0.242 e. The van der Waals surface area contributed by atoms with Gasteiger partial charge in [-0.3, -0.25) is 9.59 Å². The van der Waals surface area contributed by atoms with Gasteiger partial charge in [-0.25, -0.2) is 0 Å². The van der Waals surface area contributed by atoms with E-state index >= 15 is 0 Å². The number of carbonyl (C=O) groups excluding carboxylic acids is 2. The van der Waals surface area contributed by atoms with Crippen molar-refractivity contribution in [1.29, 1.82) is 0 Å². The van der Waals surface area contributed by atoms with Crippen LogP contribution in [0.1, 0.15) is 19.8 Å². The Labute approximate surface area is 117 Å². The van der Waals surface area contributed by atoms with Gasteiger partial charge in [-0.1, -0.05) is 19.1 Å². The van der Waals surface area contributed by atoms with Crippen molar-refractivity contribution in [3.8, 4) is 0 Å². The number of amides is 2. The molecule has 0 radical (unpaired) electrons.